The van der Waals surface area contributed by atoms with E-state index in [1.54, 1.807) is 20.8 Å². The fraction of sp³-hybridized carbons (Fsp3) is 0.500. The standard InChI is InChI=1S/C18H22FN3O3/c1-9(2)14(17(24)25-18(3,4)5)22-8-11-12(19)7-21-15-13(11)10(6-20-15)16(22)23/h6-7,9,14H,8H2,1-5H3,(H,20,21). The SMILES string of the molecule is CC(C)C(C(=O)OC(C)(C)C)N1Cc2c(F)cnc3[nH]cc(c23)C1=O. The first-order valence-corrected chi connectivity index (χ1v) is 8.28. The largest absolute Gasteiger partial charge is 0.458 e. The summed E-state index contributed by atoms with van der Waals surface area (Å²) >= 11 is 0. The second-order valence-corrected chi connectivity index (χ2v) is 7.67. The minimum absolute atomic E-state index is 0.0105. The molecular weight excluding hydrogens is 325 g/mol. The molecule has 0 saturated heterocycles. The molecule has 1 aliphatic rings. The van der Waals surface area contributed by atoms with Gasteiger partial charge in [-0.15, -0.1) is 0 Å². The molecule has 0 aromatic carbocycles. The van der Waals surface area contributed by atoms with Crippen LogP contribution in [0.15, 0.2) is 12.4 Å². The number of H-pyrrole nitrogens is 1. The predicted molar refractivity (Wildman–Crippen MR) is 90.4 cm³/mol. The number of carbonyl (C=O) groups is 2. The van der Waals surface area contributed by atoms with E-state index < -0.39 is 23.4 Å². The van der Waals surface area contributed by atoms with Gasteiger partial charge in [0.15, 0.2) is 0 Å². The lowest BCUT2D eigenvalue weighted by atomic mass is 9.96. The van der Waals surface area contributed by atoms with Gasteiger partial charge in [0, 0.05) is 17.1 Å². The smallest absolute Gasteiger partial charge is 0.329 e. The number of pyridine rings is 1. The third-order valence-corrected chi connectivity index (χ3v) is 4.19. The van der Waals surface area contributed by atoms with E-state index in [1.165, 1.54) is 11.1 Å². The molecule has 1 atom stereocenters. The maximum absolute atomic E-state index is 14.3. The summed E-state index contributed by atoms with van der Waals surface area (Å²) in [5.74, 6) is -1.48. The number of esters is 1. The number of hydrogen-bond acceptors (Lipinski definition) is 4. The molecular formula is C18H22FN3O3. The zero-order valence-corrected chi connectivity index (χ0v) is 15.0. The molecule has 3 heterocycles. The van der Waals surface area contributed by atoms with Gasteiger partial charge in [0.1, 0.15) is 23.1 Å². The Bertz CT molecular complexity index is 851. The first-order chi connectivity index (χ1) is 11.6. The van der Waals surface area contributed by atoms with Crippen LogP contribution in [-0.4, -0.2) is 38.4 Å². The van der Waals surface area contributed by atoms with Crippen molar-refractivity contribution >= 4 is 22.9 Å². The zero-order valence-electron chi connectivity index (χ0n) is 15.0. The third kappa shape index (κ3) is 2.99. The topological polar surface area (TPSA) is 75.3 Å². The lowest BCUT2D eigenvalue weighted by Crippen LogP contribution is -2.51. The lowest BCUT2D eigenvalue weighted by molar-refractivity contribution is -0.162. The molecule has 7 heteroatoms. The van der Waals surface area contributed by atoms with Crippen molar-refractivity contribution in [1.29, 1.82) is 0 Å². The molecule has 0 radical (unpaired) electrons. The molecule has 1 aliphatic heterocycles. The van der Waals surface area contributed by atoms with Crippen LogP contribution in [-0.2, 0) is 16.1 Å². The molecule has 0 saturated carbocycles. The quantitative estimate of drug-likeness (QED) is 0.866. The molecule has 0 fully saturated rings. The summed E-state index contributed by atoms with van der Waals surface area (Å²) in [5.41, 5.74) is 0.502. The third-order valence-electron chi connectivity index (χ3n) is 4.19. The molecule has 3 rings (SSSR count). The van der Waals surface area contributed by atoms with E-state index in [1.807, 2.05) is 13.8 Å². The molecule has 134 valence electrons. The minimum atomic E-state index is -0.794. The van der Waals surface area contributed by atoms with Gasteiger partial charge in [-0.25, -0.2) is 14.2 Å². The summed E-state index contributed by atoms with van der Waals surface area (Å²) in [6.07, 6.45) is 2.64. The fourth-order valence-electron chi connectivity index (χ4n) is 3.20. The van der Waals surface area contributed by atoms with Gasteiger partial charge in [0.25, 0.3) is 5.91 Å². The van der Waals surface area contributed by atoms with E-state index in [-0.39, 0.29) is 18.4 Å². The summed E-state index contributed by atoms with van der Waals surface area (Å²) < 4.78 is 19.8. The van der Waals surface area contributed by atoms with E-state index in [9.17, 15) is 14.0 Å². The van der Waals surface area contributed by atoms with Gasteiger partial charge in [-0.2, -0.15) is 0 Å². The first-order valence-electron chi connectivity index (χ1n) is 8.28. The molecule has 2 aromatic rings. The number of nitrogens with zero attached hydrogens (tertiary/aromatic N) is 2. The number of amides is 1. The molecule has 1 N–H and O–H groups in total. The number of halogens is 1. The summed E-state index contributed by atoms with van der Waals surface area (Å²) in [6.45, 7) is 9.01. The second kappa shape index (κ2) is 5.82. The highest BCUT2D eigenvalue weighted by Crippen LogP contribution is 2.33. The van der Waals surface area contributed by atoms with Crippen LogP contribution in [0.3, 0.4) is 0 Å². The van der Waals surface area contributed by atoms with E-state index in [0.717, 1.165) is 6.20 Å². The normalized spacial score (nSPS) is 15.8. The van der Waals surface area contributed by atoms with Crippen LogP contribution in [0.5, 0.6) is 0 Å². The molecule has 0 bridgehead atoms. The number of aromatic amines is 1. The van der Waals surface area contributed by atoms with E-state index in [0.29, 0.717) is 22.2 Å². The van der Waals surface area contributed by atoms with Gasteiger partial charge in [-0.3, -0.25) is 4.79 Å². The van der Waals surface area contributed by atoms with Crippen molar-refractivity contribution in [3.63, 3.8) is 0 Å². The van der Waals surface area contributed by atoms with Crippen molar-refractivity contribution in [3.8, 4) is 0 Å². The first kappa shape index (κ1) is 17.4. The number of aromatic nitrogens is 2. The van der Waals surface area contributed by atoms with E-state index in [2.05, 4.69) is 9.97 Å². The number of nitrogens with one attached hydrogen (secondary N) is 1. The Hall–Kier alpha value is -2.44. The van der Waals surface area contributed by atoms with Crippen molar-refractivity contribution in [2.24, 2.45) is 5.92 Å². The highest BCUT2D eigenvalue weighted by atomic mass is 19.1. The molecule has 25 heavy (non-hydrogen) atoms. The summed E-state index contributed by atoms with van der Waals surface area (Å²) in [6, 6.07) is -0.794. The number of carbonyl (C=O) groups excluding carboxylic acids is 2. The number of hydrogen-bond donors (Lipinski definition) is 1. The molecule has 0 spiro atoms. The van der Waals surface area contributed by atoms with Gasteiger partial charge in [-0.05, 0) is 26.7 Å². The summed E-state index contributed by atoms with van der Waals surface area (Å²) in [5, 5.41) is 0.493. The Morgan fingerprint density at radius 2 is 2.08 bits per heavy atom. The van der Waals surface area contributed by atoms with Crippen LogP contribution in [0.25, 0.3) is 11.0 Å². The highest BCUT2D eigenvalue weighted by Gasteiger charge is 2.40. The van der Waals surface area contributed by atoms with Gasteiger partial charge >= 0.3 is 5.97 Å². The van der Waals surface area contributed by atoms with Gasteiger partial charge in [0.2, 0.25) is 0 Å². The van der Waals surface area contributed by atoms with Crippen molar-refractivity contribution in [2.45, 2.75) is 52.8 Å². The van der Waals surface area contributed by atoms with E-state index in [4.69, 9.17) is 4.74 Å². The maximum atomic E-state index is 14.3. The number of ether oxygens (including phenoxy) is 1. The summed E-state index contributed by atoms with van der Waals surface area (Å²) in [7, 11) is 0. The summed E-state index contributed by atoms with van der Waals surface area (Å²) in [4.78, 5) is 33.9. The Labute approximate surface area is 145 Å². The van der Waals surface area contributed by atoms with Crippen LogP contribution in [0.4, 0.5) is 4.39 Å². The van der Waals surface area contributed by atoms with Crippen LogP contribution >= 0.6 is 0 Å². The Morgan fingerprint density at radius 1 is 1.40 bits per heavy atom. The Kier molecular flexibility index (Phi) is 4.05. The van der Waals surface area contributed by atoms with Crippen molar-refractivity contribution in [2.75, 3.05) is 0 Å². The molecule has 1 amide bonds. The van der Waals surface area contributed by atoms with E-state index >= 15 is 0 Å². The van der Waals surface area contributed by atoms with Crippen molar-refractivity contribution in [3.05, 3.63) is 29.3 Å². The molecule has 2 aromatic heterocycles. The van der Waals surface area contributed by atoms with Crippen LogP contribution < -0.4 is 0 Å². The Morgan fingerprint density at radius 3 is 2.68 bits per heavy atom. The lowest BCUT2D eigenvalue weighted by Gasteiger charge is -2.36. The molecule has 6 nitrogen and oxygen atoms in total. The van der Waals surface area contributed by atoms with Crippen LogP contribution in [0, 0.1) is 11.7 Å². The Balaban J connectivity index is 2.03. The number of rotatable bonds is 3. The molecule has 1 unspecified atom stereocenters. The van der Waals surface area contributed by atoms with Gasteiger partial charge in [0.05, 0.1) is 18.3 Å². The van der Waals surface area contributed by atoms with Crippen molar-refractivity contribution in [1.82, 2.24) is 14.9 Å². The zero-order chi connectivity index (χ0) is 18.5. The fourth-order valence-corrected chi connectivity index (χ4v) is 3.20. The van der Waals surface area contributed by atoms with Crippen molar-refractivity contribution < 1.29 is 18.7 Å². The van der Waals surface area contributed by atoms with Gasteiger partial charge < -0.3 is 14.6 Å². The second-order valence-electron chi connectivity index (χ2n) is 7.67. The maximum Gasteiger partial charge on any atom is 0.329 e. The average Bonchev–Trinajstić information content (AvgIpc) is 2.90. The monoisotopic (exact) mass is 347 g/mol. The van der Waals surface area contributed by atoms with Crippen LogP contribution in [0.2, 0.25) is 0 Å². The average molecular weight is 347 g/mol. The minimum Gasteiger partial charge on any atom is -0.458 e. The van der Waals surface area contributed by atoms with Crippen LogP contribution in [0.1, 0.15) is 50.5 Å². The highest BCUT2D eigenvalue weighted by molar-refractivity contribution is 6.09. The van der Waals surface area contributed by atoms with Gasteiger partial charge in [-0.1, -0.05) is 13.8 Å². The predicted octanol–water partition coefficient (Wildman–Crippen LogP) is 3.02. The molecule has 0 aliphatic carbocycles.